The third-order valence-corrected chi connectivity index (χ3v) is 2.26. The van der Waals surface area contributed by atoms with Gasteiger partial charge in [0.15, 0.2) is 0 Å². The van der Waals surface area contributed by atoms with E-state index >= 15 is 0 Å². The minimum absolute atomic E-state index is 0.332. The summed E-state index contributed by atoms with van der Waals surface area (Å²) < 4.78 is 0. The lowest BCUT2D eigenvalue weighted by atomic mass is 9.97. The topological polar surface area (TPSA) is 53.6 Å². The summed E-state index contributed by atoms with van der Waals surface area (Å²) in [5.74, 6) is 0. The normalized spacial score (nSPS) is 26.5. The number of nitrogens with two attached hydrogens (primary N) is 1. The maximum atomic E-state index is 6.08. The van der Waals surface area contributed by atoms with Crippen molar-refractivity contribution in [2.24, 2.45) is 10.7 Å². The molecule has 0 fully saturated rings. The molecule has 3 N–H and O–H groups in total. The van der Waals surface area contributed by atoms with E-state index in [1.807, 2.05) is 19.2 Å². The van der Waals surface area contributed by atoms with E-state index in [1.165, 1.54) is 0 Å². The van der Waals surface area contributed by atoms with Gasteiger partial charge in [-0.1, -0.05) is 0 Å². The van der Waals surface area contributed by atoms with Crippen molar-refractivity contribution in [2.75, 3.05) is 33.7 Å². The van der Waals surface area contributed by atoms with E-state index in [2.05, 4.69) is 29.3 Å². The molecule has 0 radical (unpaired) electrons. The molecule has 1 aliphatic heterocycles. The summed E-state index contributed by atoms with van der Waals surface area (Å²) in [4.78, 5) is 6.28. The third-order valence-electron chi connectivity index (χ3n) is 2.26. The lowest BCUT2D eigenvalue weighted by Gasteiger charge is -2.29. The van der Waals surface area contributed by atoms with Gasteiger partial charge in [0, 0.05) is 25.0 Å². The molecule has 4 heteroatoms. The Morgan fingerprint density at radius 3 is 2.93 bits per heavy atom. The summed E-state index contributed by atoms with van der Waals surface area (Å²) >= 11 is 0. The zero-order valence-electron chi connectivity index (χ0n) is 9.25. The van der Waals surface area contributed by atoms with E-state index in [9.17, 15) is 0 Å². The summed E-state index contributed by atoms with van der Waals surface area (Å²) in [6.45, 7) is 4.58. The second kappa shape index (κ2) is 4.57. The molecule has 0 aromatic rings. The predicted octanol–water partition coefficient (Wildman–Crippen LogP) is -0.177. The molecule has 1 heterocycles. The summed E-state index contributed by atoms with van der Waals surface area (Å²) in [6.07, 6.45) is 3.77. The Hall–Kier alpha value is -0.870. The largest absolute Gasteiger partial charge is 0.385 e. The Bertz CT molecular complexity index is 241. The predicted molar refractivity (Wildman–Crippen MR) is 60.6 cm³/mol. The van der Waals surface area contributed by atoms with E-state index < -0.39 is 0 Å². The van der Waals surface area contributed by atoms with Crippen molar-refractivity contribution in [2.45, 2.75) is 12.5 Å². The molecule has 1 atom stereocenters. The van der Waals surface area contributed by atoms with Crippen molar-refractivity contribution in [1.29, 1.82) is 0 Å². The van der Waals surface area contributed by atoms with E-state index in [0.717, 1.165) is 18.8 Å². The zero-order valence-corrected chi connectivity index (χ0v) is 9.25. The van der Waals surface area contributed by atoms with Crippen LogP contribution in [-0.4, -0.2) is 50.4 Å². The van der Waals surface area contributed by atoms with Gasteiger partial charge < -0.3 is 16.0 Å². The van der Waals surface area contributed by atoms with Crippen molar-refractivity contribution in [3.05, 3.63) is 11.8 Å². The first-order chi connectivity index (χ1) is 6.52. The van der Waals surface area contributed by atoms with Gasteiger partial charge in [0.05, 0.1) is 12.1 Å². The van der Waals surface area contributed by atoms with Crippen LogP contribution in [0.1, 0.15) is 6.92 Å². The Balaban J connectivity index is 2.42. The van der Waals surface area contributed by atoms with Crippen molar-refractivity contribution in [3.63, 3.8) is 0 Å². The maximum Gasteiger partial charge on any atom is 0.0727 e. The van der Waals surface area contributed by atoms with Crippen molar-refractivity contribution < 1.29 is 0 Å². The Morgan fingerprint density at radius 2 is 2.36 bits per heavy atom. The fourth-order valence-corrected chi connectivity index (χ4v) is 1.32. The first-order valence-electron chi connectivity index (χ1n) is 4.90. The number of nitrogens with one attached hydrogen (secondary N) is 1. The van der Waals surface area contributed by atoms with Gasteiger partial charge in [-0.2, -0.15) is 0 Å². The molecule has 1 aliphatic rings. The molecule has 0 bridgehead atoms. The quantitative estimate of drug-likeness (QED) is 0.656. The summed E-state index contributed by atoms with van der Waals surface area (Å²) in [5, 5.41) is 3.35. The Kier molecular flexibility index (Phi) is 3.66. The second-order valence-corrected chi connectivity index (χ2v) is 4.22. The average Bonchev–Trinajstić information content (AvgIpc) is 2.07. The van der Waals surface area contributed by atoms with Crippen LogP contribution in [0.4, 0.5) is 0 Å². The van der Waals surface area contributed by atoms with E-state index in [4.69, 9.17) is 5.73 Å². The van der Waals surface area contributed by atoms with E-state index in [-0.39, 0.29) is 5.54 Å². The van der Waals surface area contributed by atoms with Crippen LogP contribution in [0.3, 0.4) is 0 Å². The highest BCUT2D eigenvalue weighted by atomic mass is 15.1. The molecule has 0 amide bonds. The summed E-state index contributed by atoms with van der Waals surface area (Å²) in [5.41, 5.74) is 6.83. The van der Waals surface area contributed by atoms with Crippen LogP contribution in [0.25, 0.3) is 0 Å². The van der Waals surface area contributed by atoms with Crippen molar-refractivity contribution >= 4 is 6.21 Å². The molecule has 1 unspecified atom stereocenters. The average molecular weight is 196 g/mol. The molecule has 0 aromatic carbocycles. The van der Waals surface area contributed by atoms with Gasteiger partial charge in [-0.15, -0.1) is 0 Å². The van der Waals surface area contributed by atoms with Gasteiger partial charge in [-0.25, -0.2) is 0 Å². The minimum atomic E-state index is -0.332. The van der Waals surface area contributed by atoms with E-state index in [0.29, 0.717) is 6.54 Å². The maximum absolute atomic E-state index is 6.08. The third kappa shape index (κ3) is 3.12. The first-order valence-corrected chi connectivity index (χ1v) is 4.90. The van der Waals surface area contributed by atoms with E-state index in [1.54, 1.807) is 0 Å². The smallest absolute Gasteiger partial charge is 0.0727 e. The number of allylic oxidation sites excluding steroid dienone is 1. The van der Waals surface area contributed by atoms with Crippen molar-refractivity contribution in [1.82, 2.24) is 10.2 Å². The first kappa shape index (κ1) is 11.2. The molecule has 0 spiro atoms. The van der Waals surface area contributed by atoms with Gasteiger partial charge in [0.2, 0.25) is 0 Å². The highest BCUT2D eigenvalue weighted by molar-refractivity contribution is 5.74. The molecule has 1 rings (SSSR count). The Morgan fingerprint density at radius 1 is 1.64 bits per heavy atom. The van der Waals surface area contributed by atoms with Crippen LogP contribution in [0.5, 0.6) is 0 Å². The highest BCUT2D eigenvalue weighted by Crippen LogP contribution is 2.13. The molecule has 0 aromatic heterocycles. The summed E-state index contributed by atoms with van der Waals surface area (Å²) in [7, 11) is 4.11. The van der Waals surface area contributed by atoms with Crippen LogP contribution < -0.4 is 11.1 Å². The molecule has 0 saturated carbocycles. The van der Waals surface area contributed by atoms with Crippen LogP contribution in [0.2, 0.25) is 0 Å². The monoisotopic (exact) mass is 196 g/mol. The SMILES string of the molecule is CN(C)CCNC1=CC=NCC1(C)N. The van der Waals surface area contributed by atoms with Crippen molar-refractivity contribution in [3.8, 4) is 0 Å². The number of likely N-dealkylation sites (N-methyl/N-ethyl adjacent to an activating group) is 1. The number of hydrogen-bond donors (Lipinski definition) is 2. The fourth-order valence-electron chi connectivity index (χ4n) is 1.32. The lowest BCUT2D eigenvalue weighted by Crippen LogP contribution is -2.48. The van der Waals surface area contributed by atoms with Gasteiger partial charge in [-0.05, 0) is 27.1 Å². The molecule has 80 valence electrons. The second-order valence-electron chi connectivity index (χ2n) is 4.22. The molecule has 14 heavy (non-hydrogen) atoms. The molecule has 0 aliphatic carbocycles. The standard InChI is InChI=1S/C10H20N4/c1-10(11)8-12-5-4-9(10)13-6-7-14(2)3/h4-5,13H,6-8,11H2,1-3H3. The zero-order chi connectivity index (χ0) is 10.6. The minimum Gasteiger partial charge on any atom is -0.385 e. The summed E-state index contributed by atoms with van der Waals surface area (Å²) in [6, 6.07) is 0. The molecule has 0 saturated heterocycles. The van der Waals surface area contributed by atoms with Crippen LogP contribution in [0, 0.1) is 0 Å². The van der Waals surface area contributed by atoms with Crippen LogP contribution >= 0.6 is 0 Å². The van der Waals surface area contributed by atoms with Gasteiger partial charge >= 0.3 is 0 Å². The number of hydrogen-bond acceptors (Lipinski definition) is 4. The molecule has 4 nitrogen and oxygen atoms in total. The van der Waals surface area contributed by atoms with Gasteiger partial charge in [0.25, 0.3) is 0 Å². The number of dihydropyridines is 1. The fraction of sp³-hybridized carbons (Fsp3) is 0.700. The number of rotatable bonds is 4. The van der Waals surface area contributed by atoms with Gasteiger partial charge in [0.1, 0.15) is 0 Å². The van der Waals surface area contributed by atoms with Gasteiger partial charge in [-0.3, -0.25) is 4.99 Å². The number of aliphatic imine (C=N–C) groups is 1. The molecular weight excluding hydrogens is 176 g/mol. The molecular formula is C10H20N4. The highest BCUT2D eigenvalue weighted by Gasteiger charge is 2.24. The number of nitrogens with zero attached hydrogens (tertiary/aromatic N) is 2. The van der Waals surface area contributed by atoms with Crippen LogP contribution in [-0.2, 0) is 0 Å². The lowest BCUT2D eigenvalue weighted by molar-refractivity contribution is 0.398. The van der Waals surface area contributed by atoms with Crippen LogP contribution in [0.15, 0.2) is 16.8 Å². The Labute approximate surface area is 85.9 Å².